The summed E-state index contributed by atoms with van der Waals surface area (Å²) in [5, 5.41) is 15.3. The van der Waals surface area contributed by atoms with Crippen molar-refractivity contribution in [3.05, 3.63) is 47.7 Å². The van der Waals surface area contributed by atoms with Gasteiger partial charge >= 0.3 is 5.97 Å². The zero-order valence-electron chi connectivity index (χ0n) is 11.6. The number of carboxylic acid groups (broad SMARTS) is 1. The molecule has 0 saturated carbocycles. The van der Waals surface area contributed by atoms with Gasteiger partial charge in [0.15, 0.2) is 5.82 Å². The highest BCUT2D eigenvalue weighted by Crippen LogP contribution is 2.24. The van der Waals surface area contributed by atoms with Crippen molar-refractivity contribution < 1.29 is 19.2 Å². The molecule has 0 aliphatic heterocycles. The highest BCUT2D eigenvalue weighted by atomic mass is 16.5. The monoisotopic (exact) mass is 288 g/mol. The van der Waals surface area contributed by atoms with E-state index < -0.39 is 5.97 Å². The van der Waals surface area contributed by atoms with Crippen molar-refractivity contribution in [3.63, 3.8) is 0 Å². The summed E-state index contributed by atoms with van der Waals surface area (Å²) < 4.78 is 4.86. The van der Waals surface area contributed by atoms with E-state index in [0.717, 1.165) is 5.56 Å². The lowest BCUT2D eigenvalue weighted by atomic mass is 9.92. The van der Waals surface area contributed by atoms with Gasteiger partial charge in [0.2, 0.25) is 5.91 Å². The number of nitrogens with one attached hydrogen (secondary N) is 1. The summed E-state index contributed by atoms with van der Waals surface area (Å²) >= 11 is 0. The molecule has 0 radical (unpaired) electrons. The fraction of sp³-hybridized carbons (Fsp3) is 0.267. The molecule has 0 fully saturated rings. The number of hydrogen-bond acceptors (Lipinski definition) is 4. The smallest absolute Gasteiger partial charge is 0.303 e. The van der Waals surface area contributed by atoms with Gasteiger partial charge in [-0.1, -0.05) is 35.5 Å². The molecule has 0 aliphatic carbocycles. The lowest BCUT2D eigenvalue weighted by molar-refractivity contribution is -0.137. The molecule has 0 spiro atoms. The molecule has 1 atom stereocenters. The minimum atomic E-state index is -0.936. The van der Waals surface area contributed by atoms with E-state index in [2.05, 4.69) is 10.5 Å². The predicted molar refractivity (Wildman–Crippen MR) is 75.9 cm³/mol. The third kappa shape index (κ3) is 4.45. The van der Waals surface area contributed by atoms with Gasteiger partial charge in [0.25, 0.3) is 0 Å². The fourth-order valence-corrected chi connectivity index (χ4v) is 2.09. The van der Waals surface area contributed by atoms with Crippen LogP contribution in [-0.4, -0.2) is 22.1 Å². The largest absolute Gasteiger partial charge is 0.481 e. The van der Waals surface area contributed by atoms with Crippen LogP contribution >= 0.6 is 0 Å². The second-order valence-corrected chi connectivity index (χ2v) is 4.78. The zero-order chi connectivity index (χ0) is 15.2. The van der Waals surface area contributed by atoms with Crippen molar-refractivity contribution in [2.75, 3.05) is 5.32 Å². The van der Waals surface area contributed by atoms with Crippen LogP contribution in [-0.2, 0) is 9.59 Å². The molecule has 0 saturated heterocycles. The van der Waals surface area contributed by atoms with E-state index in [4.69, 9.17) is 9.63 Å². The lowest BCUT2D eigenvalue weighted by Gasteiger charge is -2.14. The van der Waals surface area contributed by atoms with Gasteiger partial charge in [-0.15, -0.1) is 0 Å². The molecule has 2 aromatic rings. The number of aryl methyl sites for hydroxylation is 1. The Hall–Kier alpha value is -2.63. The van der Waals surface area contributed by atoms with Crippen LogP contribution in [0.5, 0.6) is 0 Å². The van der Waals surface area contributed by atoms with Crippen LogP contribution < -0.4 is 5.32 Å². The Labute approximate surface area is 121 Å². The Morgan fingerprint density at radius 1 is 1.29 bits per heavy atom. The maximum Gasteiger partial charge on any atom is 0.303 e. The second-order valence-electron chi connectivity index (χ2n) is 4.78. The van der Waals surface area contributed by atoms with Crippen LogP contribution in [0.4, 0.5) is 5.82 Å². The van der Waals surface area contributed by atoms with Gasteiger partial charge in [-0.2, -0.15) is 0 Å². The topological polar surface area (TPSA) is 92.4 Å². The third-order valence-electron chi connectivity index (χ3n) is 3.02. The third-order valence-corrected chi connectivity index (χ3v) is 3.02. The Morgan fingerprint density at radius 2 is 2.00 bits per heavy atom. The molecule has 2 N–H and O–H groups in total. The van der Waals surface area contributed by atoms with Crippen LogP contribution in [0.1, 0.15) is 30.1 Å². The first-order valence-electron chi connectivity index (χ1n) is 6.54. The van der Waals surface area contributed by atoms with Gasteiger partial charge < -0.3 is 14.9 Å². The summed E-state index contributed by atoms with van der Waals surface area (Å²) in [7, 11) is 0. The van der Waals surface area contributed by atoms with Crippen molar-refractivity contribution in [2.24, 2.45) is 0 Å². The summed E-state index contributed by atoms with van der Waals surface area (Å²) in [6.07, 6.45) is -0.0303. The summed E-state index contributed by atoms with van der Waals surface area (Å²) in [4.78, 5) is 23.0. The van der Waals surface area contributed by atoms with Crippen molar-refractivity contribution in [1.29, 1.82) is 0 Å². The summed E-state index contributed by atoms with van der Waals surface area (Å²) in [5.74, 6) is -0.681. The van der Waals surface area contributed by atoms with Crippen LogP contribution in [0.25, 0.3) is 0 Å². The van der Waals surface area contributed by atoms with Crippen LogP contribution in [0.3, 0.4) is 0 Å². The molecule has 6 nitrogen and oxygen atoms in total. The minimum Gasteiger partial charge on any atom is -0.481 e. The van der Waals surface area contributed by atoms with E-state index in [9.17, 15) is 9.59 Å². The Morgan fingerprint density at radius 3 is 2.57 bits per heavy atom. The number of nitrogens with zero attached hydrogens (tertiary/aromatic N) is 1. The van der Waals surface area contributed by atoms with Gasteiger partial charge in [-0.3, -0.25) is 9.59 Å². The maximum absolute atomic E-state index is 12.0. The molecule has 21 heavy (non-hydrogen) atoms. The van der Waals surface area contributed by atoms with E-state index in [0.29, 0.717) is 11.6 Å². The number of rotatable bonds is 6. The van der Waals surface area contributed by atoms with Gasteiger partial charge in [-0.25, -0.2) is 0 Å². The number of aliphatic carboxylic acids is 1. The minimum absolute atomic E-state index is 0.0716. The van der Waals surface area contributed by atoms with Crippen LogP contribution in [0, 0.1) is 6.92 Å². The molecular weight excluding hydrogens is 272 g/mol. The standard InChI is InChI=1S/C15H16N2O4/c1-10-7-13(17-21-10)16-14(18)8-12(9-15(19)20)11-5-3-2-4-6-11/h2-7,12H,8-9H2,1H3,(H,19,20)(H,16,17,18). The predicted octanol–water partition coefficient (Wildman–Crippen LogP) is 2.57. The number of carboxylic acids is 1. The number of carbonyl (C=O) groups excluding carboxylic acids is 1. The highest BCUT2D eigenvalue weighted by molar-refractivity contribution is 5.90. The summed E-state index contributed by atoms with van der Waals surface area (Å²) in [5.41, 5.74) is 0.825. The first-order valence-corrected chi connectivity index (χ1v) is 6.54. The summed E-state index contributed by atoms with van der Waals surface area (Å²) in [6, 6.07) is 10.7. The van der Waals surface area contributed by atoms with Crippen LogP contribution in [0.15, 0.2) is 40.9 Å². The second kappa shape index (κ2) is 6.69. The molecule has 1 unspecified atom stereocenters. The molecular formula is C15H16N2O4. The molecule has 1 heterocycles. The fourth-order valence-electron chi connectivity index (χ4n) is 2.09. The molecule has 0 bridgehead atoms. The SMILES string of the molecule is Cc1cc(NC(=O)CC(CC(=O)O)c2ccccc2)no1. The molecule has 0 aliphatic rings. The normalized spacial score (nSPS) is 11.9. The quantitative estimate of drug-likeness (QED) is 0.852. The van der Waals surface area contributed by atoms with Gasteiger partial charge in [0, 0.05) is 18.4 Å². The van der Waals surface area contributed by atoms with E-state index >= 15 is 0 Å². The van der Waals surface area contributed by atoms with Crippen LogP contribution in [0.2, 0.25) is 0 Å². The lowest BCUT2D eigenvalue weighted by Crippen LogP contribution is -2.17. The number of carbonyl (C=O) groups is 2. The number of hydrogen-bond donors (Lipinski definition) is 2. The summed E-state index contributed by atoms with van der Waals surface area (Å²) in [6.45, 7) is 1.72. The van der Waals surface area contributed by atoms with Crippen molar-refractivity contribution >= 4 is 17.7 Å². The molecule has 6 heteroatoms. The van der Waals surface area contributed by atoms with Crippen molar-refractivity contribution in [3.8, 4) is 0 Å². The first kappa shape index (κ1) is 14.8. The van der Waals surface area contributed by atoms with Crippen molar-refractivity contribution in [2.45, 2.75) is 25.7 Å². The number of aromatic nitrogens is 1. The van der Waals surface area contributed by atoms with E-state index in [1.807, 2.05) is 30.3 Å². The van der Waals surface area contributed by atoms with Crippen molar-refractivity contribution in [1.82, 2.24) is 5.16 Å². The number of benzene rings is 1. The number of amides is 1. The van der Waals surface area contributed by atoms with E-state index in [1.165, 1.54) is 0 Å². The first-order chi connectivity index (χ1) is 10.0. The molecule has 2 rings (SSSR count). The number of anilines is 1. The Bertz CT molecular complexity index is 622. The molecule has 110 valence electrons. The van der Waals surface area contributed by atoms with E-state index in [-0.39, 0.29) is 24.7 Å². The van der Waals surface area contributed by atoms with Gasteiger partial charge in [0.05, 0.1) is 6.42 Å². The molecule has 1 aromatic carbocycles. The maximum atomic E-state index is 12.0. The highest BCUT2D eigenvalue weighted by Gasteiger charge is 2.19. The Balaban J connectivity index is 2.04. The average molecular weight is 288 g/mol. The Kier molecular flexibility index (Phi) is 4.71. The van der Waals surface area contributed by atoms with Gasteiger partial charge in [-0.05, 0) is 12.5 Å². The van der Waals surface area contributed by atoms with Gasteiger partial charge in [0.1, 0.15) is 5.76 Å². The zero-order valence-corrected chi connectivity index (χ0v) is 11.6. The molecule has 1 amide bonds. The molecule has 1 aromatic heterocycles. The average Bonchev–Trinajstić information content (AvgIpc) is 2.83. The van der Waals surface area contributed by atoms with E-state index in [1.54, 1.807) is 13.0 Å².